The predicted octanol–water partition coefficient (Wildman–Crippen LogP) is 7.34. The van der Waals surface area contributed by atoms with Crippen LogP contribution in [0.3, 0.4) is 0 Å². The van der Waals surface area contributed by atoms with Crippen molar-refractivity contribution in [2.75, 3.05) is 0 Å². The molecule has 1 aliphatic rings. The lowest BCUT2D eigenvalue weighted by Crippen LogP contribution is -2.46. The Morgan fingerprint density at radius 3 is 2.45 bits per heavy atom. The molecule has 2 aromatic carbocycles. The first-order valence-electron chi connectivity index (χ1n) is 13.2. The quantitative estimate of drug-likeness (QED) is 0.264. The number of carbonyl (C=O) groups excluding carboxylic acids is 2. The summed E-state index contributed by atoms with van der Waals surface area (Å²) in [5.74, 6) is 0.0279. The Morgan fingerprint density at radius 1 is 1.00 bits per heavy atom. The number of aromatic nitrogens is 1. The number of hydrogen-bond acceptors (Lipinski definition) is 4. The summed E-state index contributed by atoms with van der Waals surface area (Å²) in [5.41, 5.74) is 3.26. The first-order valence-corrected chi connectivity index (χ1v) is 14.4. The van der Waals surface area contributed by atoms with E-state index in [0.717, 1.165) is 52.5 Å². The minimum Gasteiger partial charge on any atom is -0.353 e. The maximum Gasteiger partial charge on any atom is 0.266 e. The molecule has 1 fully saturated rings. The highest BCUT2D eigenvalue weighted by Crippen LogP contribution is 2.37. The zero-order valence-corrected chi connectivity index (χ0v) is 23.3. The number of rotatable bonds is 7. The summed E-state index contributed by atoms with van der Waals surface area (Å²) in [4.78, 5) is 33.1. The number of nitrogens with zero attached hydrogens (tertiary/aromatic N) is 2. The number of amides is 2. The van der Waals surface area contributed by atoms with Crippen LogP contribution in [0.2, 0.25) is 5.02 Å². The molecule has 0 aliphatic heterocycles. The first kappa shape index (κ1) is 26.4. The summed E-state index contributed by atoms with van der Waals surface area (Å²) in [7, 11) is 0. The number of halogens is 1. The fourth-order valence-electron chi connectivity index (χ4n) is 5.14. The number of thiophene rings is 1. The van der Waals surface area contributed by atoms with Crippen molar-refractivity contribution in [3.8, 4) is 11.1 Å². The van der Waals surface area contributed by atoms with Gasteiger partial charge >= 0.3 is 0 Å². The van der Waals surface area contributed by atoms with Crippen molar-refractivity contribution in [2.45, 2.75) is 58.2 Å². The Hall–Kier alpha value is -3.22. The Balaban J connectivity index is 1.42. The van der Waals surface area contributed by atoms with Crippen LogP contribution in [0.1, 0.15) is 54.8 Å². The van der Waals surface area contributed by atoms with Gasteiger partial charge in [-0.05, 0) is 66.6 Å². The largest absolute Gasteiger partial charge is 0.353 e. The number of pyridine rings is 1. The maximum absolute atomic E-state index is 14.1. The molecule has 5 nitrogen and oxygen atoms in total. The molecule has 2 heterocycles. The Labute approximate surface area is 232 Å². The molecule has 2 aromatic heterocycles. The van der Waals surface area contributed by atoms with Crippen LogP contribution in [0, 0.1) is 5.92 Å². The van der Waals surface area contributed by atoms with E-state index in [1.54, 1.807) is 12.4 Å². The van der Waals surface area contributed by atoms with Crippen molar-refractivity contribution in [3.63, 3.8) is 0 Å². The fraction of sp³-hybridized carbons (Fsp3) is 0.323. The molecule has 7 heteroatoms. The van der Waals surface area contributed by atoms with Crippen molar-refractivity contribution in [2.24, 2.45) is 5.92 Å². The highest BCUT2D eigenvalue weighted by molar-refractivity contribution is 7.21. The number of carbonyl (C=O) groups is 2. The van der Waals surface area contributed by atoms with Crippen molar-refractivity contribution in [3.05, 3.63) is 88.5 Å². The summed E-state index contributed by atoms with van der Waals surface area (Å²) in [6.45, 7) is 4.32. The van der Waals surface area contributed by atoms with E-state index in [1.807, 2.05) is 61.2 Å². The fourth-order valence-corrected chi connectivity index (χ4v) is 6.61. The van der Waals surface area contributed by atoms with E-state index in [4.69, 9.17) is 11.6 Å². The molecule has 0 saturated heterocycles. The van der Waals surface area contributed by atoms with Gasteiger partial charge in [0.15, 0.2) is 0 Å². The van der Waals surface area contributed by atoms with Gasteiger partial charge in [0.05, 0.1) is 5.02 Å². The highest BCUT2D eigenvalue weighted by Gasteiger charge is 2.32. The molecule has 0 radical (unpaired) electrons. The van der Waals surface area contributed by atoms with Gasteiger partial charge in [0.2, 0.25) is 5.91 Å². The van der Waals surface area contributed by atoms with E-state index in [-0.39, 0.29) is 29.8 Å². The molecule has 4 aromatic rings. The Kier molecular flexibility index (Phi) is 8.10. The maximum atomic E-state index is 14.1. The zero-order valence-electron chi connectivity index (χ0n) is 21.7. The van der Waals surface area contributed by atoms with Gasteiger partial charge in [-0.2, -0.15) is 0 Å². The third-order valence-electron chi connectivity index (χ3n) is 7.29. The van der Waals surface area contributed by atoms with Crippen LogP contribution in [-0.4, -0.2) is 33.8 Å². The van der Waals surface area contributed by atoms with E-state index < -0.39 is 0 Å². The number of benzene rings is 2. The molecule has 1 saturated carbocycles. The van der Waals surface area contributed by atoms with Crippen molar-refractivity contribution in [1.82, 2.24) is 15.2 Å². The van der Waals surface area contributed by atoms with Crippen molar-refractivity contribution in [1.29, 1.82) is 0 Å². The van der Waals surface area contributed by atoms with E-state index in [1.165, 1.54) is 11.3 Å². The molecule has 196 valence electrons. The summed E-state index contributed by atoms with van der Waals surface area (Å²) in [5, 5.41) is 4.62. The average Bonchev–Trinajstić information content (AvgIpc) is 3.29. The van der Waals surface area contributed by atoms with Gasteiger partial charge in [0, 0.05) is 47.0 Å². The molecule has 1 N–H and O–H groups in total. The molecule has 38 heavy (non-hydrogen) atoms. The summed E-state index contributed by atoms with van der Waals surface area (Å²) in [6, 6.07) is 20.4. The number of hydrogen-bond donors (Lipinski definition) is 1. The van der Waals surface area contributed by atoms with Crippen LogP contribution in [0.5, 0.6) is 0 Å². The lowest BCUT2D eigenvalue weighted by atomic mass is 9.89. The Morgan fingerprint density at radius 2 is 1.74 bits per heavy atom. The molecule has 0 spiro atoms. The first-order chi connectivity index (χ1) is 18.4. The normalized spacial score (nSPS) is 17.5. The SMILES string of the molecule is CC(C)C(=O)NC1CCC(N(Cc2cccc(-c3ccncc3)c2)C(=O)c2sc3ccccc3c2Cl)CC1. The third kappa shape index (κ3) is 5.77. The smallest absolute Gasteiger partial charge is 0.266 e. The standard InChI is InChI=1S/C31H32ClN3O2S/c1-20(2)30(36)34-24-10-12-25(13-11-24)35(31(37)29-28(32)26-8-3-4-9-27(26)38-29)19-21-6-5-7-23(18-21)22-14-16-33-17-15-22/h3-9,14-18,20,24-25H,10-13,19H2,1-2H3,(H,34,36). The van der Waals surface area contributed by atoms with Crippen molar-refractivity contribution < 1.29 is 9.59 Å². The van der Waals surface area contributed by atoms with E-state index >= 15 is 0 Å². The van der Waals surface area contributed by atoms with E-state index in [9.17, 15) is 9.59 Å². The average molecular weight is 546 g/mol. The zero-order chi connectivity index (χ0) is 26.6. The van der Waals surface area contributed by atoms with Crippen LogP contribution in [-0.2, 0) is 11.3 Å². The van der Waals surface area contributed by atoms with Gasteiger partial charge in [-0.15, -0.1) is 11.3 Å². The third-order valence-corrected chi connectivity index (χ3v) is 8.96. The summed E-state index contributed by atoms with van der Waals surface area (Å²) in [6.07, 6.45) is 6.95. The molecule has 0 unspecified atom stereocenters. The molecular formula is C31H32ClN3O2S. The van der Waals surface area contributed by atoms with Crippen molar-refractivity contribution >= 4 is 44.8 Å². The van der Waals surface area contributed by atoms with Gasteiger partial charge in [0.1, 0.15) is 4.88 Å². The highest BCUT2D eigenvalue weighted by atomic mass is 35.5. The van der Waals surface area contributed by atoms with Crippen LogP contribution in [0.25, 0.3) is 21.2 Å². The summed E-state index contributed by atoms with van der Waals surface area (Å²) < 4.78 is 1.01. The Bertz CT molecular complexity index is 1430. The molecule has 1 aliphatic carbocycles. The number of nitrogens with one attached hydrogen (secondary N) is 1. The van der Waals surface area contributed by atoms with Crippen LogP contribution < -0.4 is 5.32 Å². The second-order valence-corrected chi connectivity index (χ2v) is 11.7. The minimum absolute atomic E-state index is 0.0276. The molecule has 0 atom stereocenters. The monoisotopic (exact) mass is 545 g/mol. The van der Waals surface area contributed by atoms with E-state index in [2.05, 4.69) is 28.5 Å². The van der Waals surface area contributed by atoms with Gasteiger partial charge in [0.25, 0.3) is 5.91 Å². The molecule has 5 rings (SSSR count). The second-order valence-electron chi connectivity index (χ2n) is 10.3. The predicted molar refractivity (Wildman–Crippen MR) is 155 cm³/mol. The lowest BCUT2D eigenvalue weighted by Gasteiger charge is -2.37. The van der Waals surface area contributed by atoms with Gasteiger partial charge in [-0.25, -0.2) is 0 Å². The van der Waals surface area contributed by atoms with Gasteiger partial charge in [-0.3, -0.25) is 14.6 Å². The number of fused-ring (bicyclic) bond motifs is 1. The van der Waals surface area contributed by atoms with Crippen LogP contribution >= 0.6 is 22.9 Å². The molecular weight excluding hydrogens is 514 g/mol. The molecule has 0 bridgehead atoms. The minimum atomic E-state index is -0.0337. The van der Waals surface area contributed by atoms with E-state index in [0.29, 0.717) is 16.4 Å². The summed E-state index contributed by atoms with van der Waals surface area (Å²) >= 11 is 8.22. The van der Waals surface area contributed by atoms with Gasteiger partial charge in [-0.1, -0.05) is 61.8 Å². The molecule has 2 amide bonds. The topological polar surface area (TPSA) is 62.3 Å². The van der Waals surface area contributed by atoms with Gasteiger partial charge < -0.3 is 10.2 Å². The van der Waals surface area contributed by atoms with Crippen LogP contribution in [0.15, 0.2) is 73.1 Å². The lowest BCUT2D eigenvalue weighted by molar-refractivity contribution is -0.125. The van der Waals surface area contributed by atoms with Crippen LogP contribution in [0.4, 0.5) is 0 Å². The second kappa shape index (κ2) is 11.7.